The third-order valence-corrected chi connectivity index (χ3v) is 5.24. The number of anilines is 2. The molecule has 0 aromatic heterocycles. The first kappa shape index (κ1) is 26.4. The van der Waals surface area contributed by atoms with Gasteiger partial charge in [0.25, 0.3) is 5.91 Å². The standard InChI is InChI=1S/C26H28N2O8/c1-4-34-24(31)17-5-9-20(10-6-17)27-22(29)15-35-25(32)19-13-23(30)28(14-19)21-11-7-18(8-12-21)26(33)36-16(2)3/h5-12,16,19H,4,13-15H2,1-3H3,(H,27,29)/t19-/m1/s1. The van der Waals surface area contributed by atoms with Crippen molar-refractivity contribution in [2.45, 2.75) is 33.3 Å². The Labute approximate surface area is 208 Å². The summed E-state index contributed by atoms with van der Waals surface area (Å²) in [6.45, 7) is 5.05. The summed E-state index contributed by atoms with van der Waals surface area (Å²) >= 11 is 0. The lowest BCUT2D eigenvalue weighted by Gasteiger charge is -2.17. The molecular weight excluding hydrogens is 468 g/mol. The molecule has 1 atom stereocenters. The van der Waals surface area contributed by atoms with Crippen molar-refractivity contribution >= 4 is 41.1 Å². The number of hydrogen-bond donors (Lipinski definition) is 1. The molecule has 1 fully saturated rings. The van der Waals surface area contributed by atoms with Crippen LogP contribution in [0.15, 0.2) is 48.5 Å². The van der Waals surface area contributed by atoms with Crippen molar-refractivity contribution < 1.29 is 38.2 Å². The molecule has 1 aliphatic heterocycles. The van der Waals surface area contributed by atoms with E-state index >= 15 is 0 Å². The fourth-order valence-electron chi connectivity index (χ4n) is 3.53. The number of benzene rings is 2. The Morgan fingerprint density at radius 3 is 2.17 bits per heavy atom. The van der Waals surface area contributed by atoms with Crippen molar-refractivity contribution in [3.8, 4) is 0 Å². The zero-order chi connectivity index (χ0) is 26.2. The molecule has 2 aromatic carbocycles. The van der Waals surface area contributed by atoms with Crippen LogP contribution in [0, 0.1) is 5.92 Å². The second kappa shape index (κ2) is 12.0. The quantitative estimate of drug-likeness (QED) is 0.415. The number of amides is 2. The molecule has 2 amide bonds. The number of nitrogens with one attached hydrogen (secondary N) is 1. The molecule has 0 saturated carbocycles. The van der Waals surface area contributed by atoms with Gasteiger partial charge in [-0.3, -0.25) is 14.4 Å². The Morgan fingerprint density at radius 1 is 0.944 bits per heavy atom. The molecule has 10 heteroatoms. The maximum absolute atomic E-state index is 12.5. The lowest BCUT2D eigenvalue weighted by atomic mass is 10.1. The predicted molar refractivity (Wildman–Crippen MR) is 129 cm³/mol. The fourth-order valence-corrected chi connectivity index (χ4v) is 3.53. The maximum atomic E-state index is 12.5. The first-order valence-electron chi connectivity index (χ1n) is 11.5. The predicted octanol–water partition coefficient (Wildman–Crippen LogP) is 2.96. The van der Waals surface area contributed by atoms with Gasteiger partial charge in [-0.15, -0.1) is 0 Å². The second-order valence-electron chi connectivity index (χ2n) is 8.36. The Bertz CT molecular complexity index is 1130. The zero-order valence-corrected chi connectivity index (χ0v) is 20.3. The number of ether oxygens (including phenoxy) is 3. The van der Waals surface area contributed by atoms with Crippen LogP contribution in [-0.4, -0.2) is 55.6 Å². The van der Waals surface area contributed by atoms with Gasteiger partial charge in [0, 0.05) is 24.3 Å². The monoisotopic (exact) mass is 496 g/mol. The molecule has 10 nitrogen and oxygen atoms in total. The Kier molecular flexibility index (Phi) is 8.77. The van der Waals surface area contributed by atoms with E-state index in [1.54, 1.807) is 45.0 Å². The van der Waals surface area contributed by atoms with E-state index in [1.165, 1.54) is 29.2 Å². The molecule has 2 aromatic rings. The summed E-state index contributed by atoms with van der Waals surface area (Å²) in [7, 11) is 0. The van der Waals surface area contributed by atoms with Gasteiger partial charge in [-0.05, 0) is 69.3 Å². The topological polar surface area (TPSA) is 128 Å². The first-order valence-corrected chi connectivity index (χ1v) is 11.5. The van der Waals surface area contributed by atoms with Gasteiger partial charge in [-0.2, -0.15) is 0 Å². The highest BCUT2D eigenvalue weighted by Gasteiger charge is 2.36. The average Bonchev–Trinajstić information content (AvgIpc) is 3.24. The third-order valence-electron chi connectivity index (χ3n) is 5.24. The van der Waals surface area contributed by atoms with Crippen molar-refractivity contribution in [3.05, 3.63) is 59.7 Å². The van der Waals surface area contributed by atoms with Crippen LogP contribution < -0.4 is 10.2 Å². The Hall–Kier alpha value is -4.21. The van der Waals surface area contributed by atoms with Crippen molar-refractivity contribution in [1.29, 1.82) is 0 Å². The number of esters is 3. The van der Waals surface area contributed by atoms with Crippen molar-refractivity contribution in [1.82, 2.24) is 0 Å². The molecule has 0 aliphatic carbocycles. The van der Waals surface area contributed by atoms with E-state index in [4.69, 9.17) is 14.2 Å². The first-order chi connectivity index (χ1) is 17.2. The molecule has 3 rings (SSSR count). The summed E-state index contributed by atoms with van der Waals surface area (Å²) in [6, 6.07) is 12.4. The largest absolute Gasteiger partial charge is 0.462 e. The highest BCUT2D eigenvalue weighted by atomic mass is 16.5. The van der Waals surface area contributed by atoms with Gasteiger partial charge < -0.3 is 24.4 Å². The molecule has 1 heterocycles. The van der Waals surface area contributed by atoms with Crippen LogP contribution in [-0.2, 0) is 28.6 Å². The van der Waals surface area contributed by atoms with Crippen LogP contribution >= 0.6 is 0 Å². The lowest BCUT2D eigenvalue weighted by molar-refractivity contribution is -0.151. The number of rotatable bonds is 9. The van der Waals surface area contributed by atoms with Gasteiger partial charge in [0.1, 0.15) is 0 Å². The van der Waals surface area contributed by atoms with E-state index < -0.39 is 36.3 Å². The van der Waals surface area contributed by atoms with E-state index in [0.29, 0.717) is 22.5 Å². The molecule has 0 unspecified atom stereocenters. The number of carbonyl (C=O) groups excluding carboxylic acids is 5. The van der Waals surface area contributed by atoms with E-state index in [1.807, 2.05) is 0 Å². The minimum Gasteiger partial charge on any atom is -0.462 e. The van der Waals surface area contributed by atoms with Crippen LogP contribution in [0.2, 0.25) is 0 Å². The van der Waals surface area contributed by atoms with E-state index in [9.17, 15) is 24.0 Å². The third kappa shape index (κ3) is 6.91. The Morgan fingerprint density at radius 2 is 1.56 bits per heavy atom. The smallest absolute Gasteiger partial charge is 0.338 e. The van der Waals surface area contributed by atoms with Crippen LogP contribution in [0.4, 0.5) is 11.4 Å². The highest BCUT2D eigenvalue weighted by molar-refractivity contribution is 6.00. The molecule has 0 radical (unpaired) electrons. The zero-order valence-electron chi connectivity index (χ0n) is 20.3. The van der Waals surface area contributed by atoms with Gasteiger partial charge in [0.15, 0.2) is 6.61 Å². The lowest BCUT2D eigenvalue weighted by Crippen LogP contribution is -2.28. The number of carbonyl (C=O) groups is 5. The van der Waals surface area contributed by atoms with Gasteiger partial charge in [0.05, 0.1) is 29.8 Å². The normalized spacial score (nSPS) is 14.9. The van der Waals surface area contributed by atoms with Crippen LogP contribution in [0.3, 0.4) is 0 Å². The summed E-state index contributed by atoms with van der Waals surface area (Å²) in [5.41, 5.74) is 1.67. The van der Waals surface area contributed by atoms with Gasteiger partial charge in [-0.1, -0.05) is 0 Å². The van der Waals surface area contributed by atoms with E-state index in [2.05, 4.69) is 5.32 Å². The summed E-state index contributed by atoms with van der Waals surface area (Å²) in [4.78, 5) is 62.2. The molecule has 36 heavy (non-hydrogen) atoms. The minimum atomic E-state index is -0.722. The number of hydrogen-bond acceptors (Lipinski definition) is 8. The summed E-state index contributed by atoms with van der Waals surface area (Å²) < 4.78 is 15.2. The van der Waals surface area contributed by atoms with Gasteiger partial charge in [-0.25, -0.2) is 9.59 Å². The molecule has 0 spiro atoms. The second-order valence-corrected chi connectivity index (χ2v) is 8.36. The maximum Gasteiger partial charge on any atom is 0.338 e. The summed E-state index contributed by atoms with van der Waals surface area (Å²) in [5, 5.41) is 2.57. The van der Waals surface area contributed by atoms with E-state index in [0.717, 1.165) is 0 Å². The van der Waals surface area contributed by atoms with Crippen LogP contribution in [0.1, 0.15) is 47.9 Å². The molecule has 1 saturated heterocycles. The Balaban J connectivity index is 1.49. The summed E-state index contributed by atoms with van der Waals surface area (Å²) in [6.07, 6.45) is -0.296. The molecule has 1 N–H and O–H groups in total. The van der Waals surface area contributed by atoms with Crippen LogP contribution in [0.5, 0.6) is 0 Å². The van der Waals surface area contributed by atoms with Gasteiger partial charge in [0.2, 0.25) is 5.91 Å². The fraction of sp³-hybridized carbons (Fsp3) is 0.346. The van der Waals surface area contributed by atoms with Crippen molar-refractivity contribution in [2.24, 2.45) is 5.92 Å². The van der Waals surface area contributed by atoms with E-state index in [-0.39, 0.29) is 31.6 Å². The highest BCUT2D eigenvalue weighted by Crippen LogP contribution is 2.26. The summed E-state index contributed by atoms with van der Waals surface area (Å²) in [5.74, 6) is -3.12. The molecular formula is C26H28N2O8. The van der Waals surface area contributed by atoms with Crippen molar-refractivity contribution in [2.75, 3.05) is 30.0 Å². The SMILES string of the molecule is CCOC(=O)c1ccc(NC(=O)COC(=O)[C@@H]2CC(=O)N(c3ccc(C(=O)OC(C)C)cc3)C2)cc1. The molecule has 190 valence electrons. The average molecular weight is 497 g/mol. The minimum absolute atomic E-state index is 0.0487. The van der Waals surface area contributed by atoms with Crippen LogP contribution in [0.25, 0.3) is 0 Å². The number of nitrogens with zero attached hydrogens (tertiary/aromatic N) is 1. The molecule has 1 aliphatic rings. The van der Waals surface area contributed by atoms with Crippen molar-refractivity contribution in [3.63, 3.8) is 0 Å². The molecule has 0 bridgehead atoms. The van der Waals surface area contributed by atoms with Gasteiger partial charge >= 0.3 is 17.9 Å².